The molecule has 1 heterocycles. The van der Waals surface area contributed by atoms with Crippen molar-refractivity contribution in [1.29, 1.82) is 0 Å². The maximum absolute atomic E-state index is 11.1. The van der Waals surface area contributed by atoms with Crippen LogP contribution in [0, 0.1) is 0 Å². The van der Waals surface area contributed by atoms with Gasteiger partial charge < -0.3 is 14.2 Å². The molecule has 0 radical (unpaired) electrons. The molecule has 0 amide bonds. The second-order valence-electron chi connectivity index (χ2n) is 6.49. The molecule has 0 bridgehead atoms. The molecule has 1 aromatic heterocycles. The minimum absolute atomic E-state index is 0.160. The smallest absolute Gasteiger partial charge is 0.305 e. The number of esters is 1. The summed E-state index contributed by atoms with van der Waals surface area (Å²) >= 11 is 0. The molecule has 0 saturated carbocycles. The third-order valence-electron chi connectivity index (χ3n) is 4.37. The number of benzene rings is 2. The number of aromatic nitrogens is 1. The number of carbonyl (C=O) groups is 1. The SMILES string of the molecule is COC(=O)CCCCCOc1cccc(OCc2ccc3ccccc3n2)c1. The van der Waals surface area contributed by atoms with Crippen molar-refractivity contribution in [3.8, 4) is 11.5 Å². The number of unbranched alkanes of at least 4 members (excludes halogenated alkanes) is 2. The van der Waals surface area contributed by atoms with Crippen molar-refractivity contribution in [3.63, 3.8) is 0 Å². The van der Waals surface area contributed by atoms with Crippen LogP contribution in [0.4, 0.5) is 0 Å². The molecule has 0 aliphatic rings. The van der Waals surface area contributed by atoms with Crippen LogP contribution in [0.3, 0.4) is 0 Å². The quantitative estimate of drug-likeness (QED) is 0.369. The number of ether oxygens (including phenoxy) is 3. The third-order valence-corrected chi connectivity index (χ3v) is 4.37. The van der Waals surface area contributed by atoms with E-state index in [1.165, 1.54) is 7.11 Å². The summed E-state index contributed by atoms with van der Waals surface area (Å²) in [7, 11) is 1.41. The van der Waals surface area contributed by atoms with Crippen LogP contribution in [0.1, 0.15) is 31.4 Å². The average molecular weight is 379 g/mol. The van der Waals surface area contributed by atoms with Gasteiger partial charge in [-0.25, -0.2) is 4.98 Å². The number of fused-ring (bicyclic) bond motifs is 1. The molecule has 5 heteroatoms. The standard InChI is InChI=1S/C23H25NO4/c1-26-23(25)12-3-2-6-15-27-20-9-7-10-21(16-20)28-17-19-14-13-18-8-4-5-11-22(18)24-19/h4-5,7-11,13-14,16H,2-3,6,12,15,17H2,1H3. The van der Waals surface area contributed by atoms with Gasteiger partial charge in [0.05, 0.1) is 24.9 Å². The Morgan fingerprint density at radius 3 is 2.57 bits per heavy atom. The van der Waals surface area contributed by atoms with E-state index in [2.05, 4.69) is 15.8 Å². The Kier molecular flexibility index (Phi) is 7.24. The number of rotatable bonds is 10. The lowest BCUT2D eigenvalue weighted by Gasteiger charge is -2.10. The summed E-state index contributed by atoms with van der Waals surface area (Å²) in [6, 6.07) is 19.7. The molecule has 146 valence electrons. The van der Waals surface area contributed by atoms with Crippen molar-refractivity contribution >= 4 is 16.9 Å². The lowest BCUT2D eigenvalue weighted by Crippen LogP contribution is -2.02. The fourth-order valence-electron chi connectivity index (χ4n) is 2.84. The highest BCUT2D eigenvalue weighted by molar-refractivity contribution is 5.78. The molecule has 0 aliphatic carbocycles. The van der Waals surface area contributed by atoms with E-state index in [-0.39, 0.29) is 5.97 Å². The number of hydrogen-bond acceptors (Lipinski definition) is 5. The normalized spacial score (nSPS) is 10.6. The Hall–Kier alpha value is -3.08. The van der Waals surface area contributed by atoms with Crippen LogP contribution in [0.25, 0.3) is 10.9 Å². The predicted octanol–water partition coefficient (Wildman–Crippen LogP) is 4.93. The van der Waals surface area contributed by atoms with Gasteiger partial charge in [-0.15, -0.1) is 0 Å². The molecule has 0 N–H and O–H groups in total. The summed E-state index contributed by atoms with van der Waals surface area (Å²) in [6.45, 7) is 1.01. The summed E-state index contributed by atoms with van der Waals surface area (Å²) in [5.41, 5.74) is 1.85. The fourth-order valence-corrected chi connectivity index (χ4v) is 2.84. The van der Waals surface area contributed by atoms with E-state index in [1.54, 1.807) is 0 Å². The average Bonchev–Trinajstić information content (AvgIpc) is 2.74. The molecular formula is C23H25NO4. The van der Waals surface area contributed by atoms with Gasteiger partial charge in [0, 0.05) is 17.9 Å². The van der Waals surface area contributed by atoms with Crippen LogP contribution in [-0.2, 0) is 16.1 Å². The van der Waals surface area contributed by atoms with Crippen molar-refractivity contribution in [2.45, 2.75) is 32.3 Å². The van der Waals surface area contributed by atoms with E-state index in [1.807, 2.05) is 54.6 Å². The van der Waals surface area contributed by atoms with Crippen molar-refractivity contribution in [2.75, 3.05) is 13.7 Å². The molecular weight excluding hydrogens is 354 g/mol. The first-order valence-corrected chi connectivity index (χ1v) is 9.52. The maximum atomic E-state index is 11.1. The molecule has 0 atom stereocenters. The van der Waals surface area contributed by atoms with Crippen LogP contribution >= 0.6 is 0 Å². The van der Waals surface area contributed by atoms with Crippen LogP contribution in [-0.4, -0.2) is 24.7 Å². The zero-order valence-corrected chi connectivity index (χ0v) is 16.1. The van der Waals surface area contributed by atoms with Crippen LogP contribution < -0.4 is 9.47 Å². The summed E-state index contributed by atoms with van der Waals surface area (Å²) in [5, 5.41) is 1.12. The molecule has 3 rings (SSSR count). The third kappa shape index (κ3) is 5.98. The highest BCUT2D eigenvalue weighted by atomic mass is 16.5. The van der Waals surface area contributed by atoms with Crippen molar-refractivity contribution in [1.82, 2.24) is 4.98 Å². The van der Waals surface area contributed by atoms with Gasteiger partial charge in [0.15, 0.2) is 0 Å². The summed E-state index contributed by atoms with van der Waals surface area (Å²) in [5.74, 6) is 1.36. The molecule has 0 saturated heterocycles. The van der Waals surface area contributed by atoms with E-state index < -0.39 is 0 Å². The monoisotopic (exact) mass is 379 g/mol. The zero-order chi connectivity index (χ0) is 19.6. The highest BCUT2D eigenvalue weighted by Crippen LogP contribution is 2.21. The molecule has 5 nitrogen and oxygen atoms in total. The Morgan fingerprint density at radius 2 is 1.71 bits per heavy atom. The number of pyridine rings is 1. The molecule has 2 aromatic carbocycles. The largest absolute Gasteiger partial charge is 0.493 e. The molecule has 0 aliphatic heterocycles. The van der Waals surface area contributed by atoms with E-state index in [0.29, 0.717) is 19.6 Å². The number of hydrogen-bond donors (Lipinski definition) is 0. The summed E-state index contributed by atoms with van der Waals surface area (Å²) in [4.78, 5) is 15.7. The number of methoxy groups -OCH3 is 1. The second-order valence-corrected chi connectivity index (χ2v) is 6.49. The van der Waals surface area contributed by atoms with Gasteiger partial charge in [-0.05, 0) is 43.5 Å². The van der Waals surface area contributed by atoms with Crippen molar-refractivity contribution in [2.24, 2.45) is 0 Å². The van der Waals surface area contributed by atoms with E-state index in [9.17, 15) is 4.79 Å². The minimum atomic E-state index is -0.160. The zero-order valence-electron chi connectivity index (χ0n) is 16.1. The van der Waals surface area contributed by atoms with Gasteiger partial charge in [0.25, 0.3) is 0 Å². The summed E-state index contributed by atoms with van der Waals surface area (Å²) in [6.07, 6.45) is 3.10. The first-order valence-electron chi connectivity index (χ1n) is 9.52. The van der Waals surface area contributed by atoms with Crippen LogP contribution in [0.15, 0.2) is 60.7 Å². The Balaban J connectivity index is 1.44. The van der Waals surface area contributed by atoms with Crippen LogP contribution in [0.5, 0.6) is 11.5 Å². The van der Waals surface area contributed by atoms with Crippen molar-refractivity contribution < 1.29 is 19.0 Å². The molecule has 0 unspecified atom stereocenters. The van der Waals surface area contributed by atoms with E-state index in [4.69, 9.17) is 9.47 Å². The van der Waals surface area contributed by atoms with Crippen LogP contribution in [0.2, 0.25) is 0 Å². The predicted molar refractivity (Wildman–Crippen MR) is 108 cm³/mol. The Labute approximate surface area is 165 Å². The van der Waals surface area contributed by atoms with E-state index >= 15 is 0 Å². The van der Waals surface area contributed by atoms with Gasteiger partial charge in [0.2, 0.25) is 0 Å². The lowest BCUT2D eigenvalue weighted by molar-refractivity contribution is -0.140. The van der Waals surface area contributed by atoms with Gasteiger partial charge in [-0.1, -0.05) is 30.3 Å². The molecule has 3 aromatic rings. The lowest BCUT2D eigenvalue weighted by atomic mass is 10.2. The Bertz CT molecular complexity index is 910. The maximum Gasteiger partial charge on any atom is 0.305 e. The molecule has 28 heavy (non-hydrogen) atoms. The molecule has 0 fully saturated rings. The number of para-hydroxylation sites is 1. The first kappa shape index (κ1) is 19.7. The summed E-state index contributed by atoms with van der Waals surface area (Å²) < 4.78 is 16.3. The minimum Gasteiger partial charge on any atom is -0.493 e. The van der Waals surface area contributed by atoms with Gasteiger partial charge in [-0.2, -0.15) is 0 Å². The number of nitrogens with zero attached hydrogens (tertiary/aromatic N) is 1. The van der Waals surface area contributed by atoms with Gasteiger partial charge in [-0.3, -0.25) is 4.79 Å². The number of carbonyl (C=O) groups excluding carboxylic acids is 1. The topological polar surface area (TPSA) is 57.7 Å². The Morgan fingerprint density at radius 1 is 0.893 bits per heavy atom. The van der Waals surface area contributed by atoms with E-state index in [0.717, 1.165) is 47.4 Å². The van der Waals surface area contributed by atoms with Gasteiger partial charge >= 0.3 is 5.97 Å². The first-order chi connectivity index (χ1) is 13.7. The highest BCUT2D eigenvalue weighted by Gasteiger charge is 2.03. The molecule has 0 spiro atoms. The van der Waals surface area contributed by atoms with Crippen molar-refractivity contribution in [3.05, 3.63) is 66.4 Å². The van der Waals surface area contributed by atoms with Gasteiger partial charge in [0.1, 0.15) is 18.1 Å². The fraction of sp³-hybridized carbons (Fsp3) is 0.304. The second kappa shape index (κ2) is 10.3.